The van der Waals surface area contributed by atoms with E-state index in [4.69, 9.17) is 27.9 Å². The van der Waals surface area contributed by atoms with Crippen LogP contribution in [0.25, 0.3) is 16.8 Å². The molecule has 3 aromatic carbocycles. The van der Waals surface area contributed by atoms with Crippen LogP contribution in [-0.2, 0) is 12.8 Å². The van der Waals surface area contributed by atoms with Gasteiger partial charge in [0.05, 0.1) is 15.7 Å². The molecule has 0 saturated heterocycles. The summed E-state index contributed by atoms with van der Waals surface area (Å²) in [4.78, 5) is 0. The van der Waals surface area contributed by atoms with Crippen molar-refractivity contribution in [1.29, 1.82) is 0 Å². The number of anilines is 1. The summed E-state index contributed by atoms with van der Waals surface area (Å²) in [5.74, 6) is 0.495. The van der Waals surface area contributed by atoms with Gasteiger partial charge >= 0.3 is 6.18 Å². The highest BCUT2D eigenvalue weighted by Gasteiger charge is 2.35. The molecule has 0 atom stereocenters. The molecule has 4 rings (SSSR count). The molecule has 0 fully saturated rings. The van der Waals surface area contributed by atoms with Gasteiger partial charge in [-0.05, 0) is 53.6 Å². The van der Waals surface area contributed by atoms with Crippen LogP contribution in [0.1, 0.15) is 11.4 Å². The smallest absolute Gasteiger partial charge is 0.435 e. The number of ether oxygens (including phenoxy) is 1. The second-order valence-corrected chi connectivity index (χ2v) is 7.96. The van der Waals surface area contributed by atoms with E-state index in [1.165, 1.54) is 12.1 Å². The summed E-state index contributed by atoms with van der Waals surface area (Å²) in [6.45, 7) is -0.167. The molecule has 1 heterocycles. The topological polar surface area (TPSA) is 39.1 Å². The summed E-state index contributed by atoms with van der Waals surface area (Å²) in [7, 11) is 1.85. The molecule has 0 bridgehead atoms. The first-order chi connectivity index (χ1) is 15.8. The minimum absolute atomic E-state index is 0.156. The molecule has 1 aromatic heterocycles. The molecule has 0 amide bonds. The second kappa shape index (κ2) is 9.37. The lowest BCUT2D eigenvalue weighted by molar-refractivity contribution is -0.141. The zero-order valence-corrected chi connectivity index (χ0v) is 18.8. The zero-order valence-electron chi connectivity index (χ0n) is 17.3. The number of aromatic nitrogens is 2. The number of benzene rings is 3. The number of hydrogen-bond donors (Lipinski definition) is 1. The Morgan fingerprint density at radius 2 is 1.58 bits per heavy atom. The Bertz CT molecular complexity index is 1250. The van der Waals surface area contributed by atoms with Crippen LogP contribution in [0.5, 0.6) is 5.75 Å². The van der Waals surface area contributed by atoms with Crippen molar-refractivity contribution >= 4 is 28.9 Å². The Morgan fingerprint density at radius 1 is 0.909 bits per heavy atom. The molecule has 0 aliphatic heterocycles. The van der Waals surface area contributed by atoms with E-state index in [0.29, 0.717) is 5.75 Å². The summed E-state index contributed by atoms with van der Waals surface area (Å²) in [6.07, 6.45) is -4.63. The van der Waals surface area contributed by atoms with Gasteiger partial charge in [-0.1, -0.05) is 53.5 Å². The first kappa shape index (κ1) is 23.0. The van der Waals surface area contributed by atoms with E-state index in [9.17, 15) is 13.2 Å². The highest BCUT2D eigenvalue weighted by molar-refractivity contribution is 6.37. The Balaban J connectivity index is 1.60. The van der Waals surface area contributed by atoms with Crippen molar-refractivity contribution in [3.05, 3.63) is 94.2 Å². The van der Waals surface area contributed by atoms with Crippen LogP contribution >= 0.6 is 23.2 Å². The van der Waals surface area contributed by atoms with Gasteiger partial charge in [-0.15, -0.1) is 0 Å². The summed E-state index contributed by atoms with van der Waals surface area (Å²) < 4.78 is 46.8. The highest BCUT2D eigenvalue weighted by atomic mass is 35.5. The average Bonchev–Trinajstić information content (AvgIpc) is 3.22. The van der Waals surface area contributed by atoms with E-state index in [1.807, 2.05) is 43.4 Å². The summed E-state index contributed by atoms with van der Waals surface area (Å²) in [5.41, 5.74) is 2.25. The number of hydrogen-bond acceptors (Lipinski definition) is 3. The van der Waals surface area contributed by atoms with Crippen LogP contribution < -0.4 is 10.1 Å². The normalized spacial score (nSPS) is 11.5. The Labute approximate surface area is 198 Å². The third-order valence-corrected chi connectivity index (χ3v) is 5.56. The van der Waals surface area contributed by atoms with Gasteiger partial charge in [-0.25, -0.2) is 4.68 Å². The third kappa shape index (κ3) is 5.10. The second-order valence-electron chi connectivity index (χ2n) is 7.14. The predicted molar refractivity (Wildman–Crippen MR) is 124 cm³/mol. The van der Waals surface area contributed by atoms with Crippen molar-refractivity contribution in [3.8, 4) is 22.6 Å². The fraction of sp³-hybridized carbons (Fsp3) is 0.125. The summed E-state index contributed by atoms with van der Waals surface area (Å²) in [6, 6.07) is 20.8. The summed E-state index contributed by atoms with van der Waals surface area (Å²) >= 11 is 12.4. The van der Waals surface area contributed by atoms with Crippen LogP contribution in [0.4, 0.5) is 18.9 Å². The molecule has 0 saturated carbocycles. The van der Waals surface area contributed by atoms with Crippen molar-refractivity contribution < 1.29 is 17.9 Å². The largest absolute Gasteiger partial charge is 0.487 e. The van der Waals surface area contributed by atoms with Crippen molar-refractivity contribution in [1.82, 2.24) is 9.78 Å². The maximum atomic E-state index is 13.3. The number of alkyl halides is 3. The van der Waals surface area contributed by atoms with Crippen molar-refractivity contribution in [2.24, 2.45) is 0 Å². The van der Waals surface area contributed by atoms with Crippen LogP contribution in [0.2, 0.25) is 10.0 Å². The van der Waals surface area contributed by atoms with E-state index >= 15 is 0 Å². The molecule has 33 heavy (non-hydrogen) atoms. The van der Waals surface area contributed by atoms with Crippen LogP contribution in [0.15, 0.2) is 72.8 Å². The van der Waals surface area contributed by atoms with E-state index in [-0.39, 0.29) is 28.0 Å². The zero-order chi connectivity index (χ0) is 23.6. The Kier molecular flexibility index (Phi) is 6.54. The van der Waals surface area contributed by atoms with Crippen molar-refractivity contribution in [2.75, 3.05) is 12.4 Å². The molecular weight excluding hydrogens is 474 g/mol. The molecule has 0 aliphatic rings. The van der Waals surface area contributed by atoms with Gasteiger partial charge in [0.25, 0.3) is 0 Å². The summed E-state index contributed by atoms with van der Waals surface area (Å²) in [5, 5.41) is 7.14. The van der Waals surface area contributed by atoms with Gasteiger partial charge in [-0.3, -0.25) is 0 Å². The third-order valence-electron chi connectivity index (χ3n) is 4.95. The van der Waals surface area contributed by atoms with Gasteiger partial charge in [0.15, 0.2) is 5.69 Å². The monoisotopic (exact) mass is 491 g/mol. The fourth-order valence-corrected chi connectivity index (χ4v) is 3.86. The molecule has 4 nitrogen and oxygen atoms in total. The number of halogens is 5. The predicted octanol–water partition coefficient (Wildman–Crippen LogP) is 7.49. The van der Waals surface area contributed by atoms with Crippen molar-refractivity contribution in [3.63, 3.8) is 0 Å². The number of para-hydroxylation sites is 1. The number of nitrogens with zero attached hydrogens (tertiary/aromatic N) is 2. The molecule has 0 radical (unpaired) electrons. The van der Waals surface area contributed by atoms with E-state index < -0.39 is 11.9 Å². The van der Waals surface area contributed by atoms with Gasteiger partial charge in [-0.2, -0.15) is 18.3 Å². The lowest BCUT2D eigenvalue weighted by atomic mass is 10.1. The van der Waals surface area contributed by atoms with E-state index in [0.717, 1.165) is 27.6 Å². The lowest BCUT2D eigenvalue weighted by Gasteiger charge is -2.12. The average molecular weight is 492 g/mol. The molecule has 4 aromatic rings. The number of nitrogens with one attached hydrogen (secondary N) is 1. The van der Waals surface area contributed by atoms with Crippen molar-refractivity contribution in [2.45, 2.75) is 12.8 Å². The maximum absolute atomic E-state index is 13.3. The highest BCUT2D eigenvalue weighted by Crippen LogP contribution is 2.34. The quantitative estimate of drug-likeness (QED) is 0.303. The Hall–Kier alpha value is -3.16. The van der Waals surface area contributed by atoms with E-state index in [2.05, 4.69) is 10.4 Å². The molecule has 0 spiro atoms. The molecule has 170 valence electrons. The molecule has 9 heteroatoms. The molecule has 0 aliphatic carbocycles. The van der Waals surface area contributed by atoms with Gasteiger partial charge in [0.1, 0.15) is 18.0 Å². The number of rotatable bonds is 6. The molecule has 1 N–H and O–H groups in total. The van der Waals surface area contributed by atoms with Crippen LogP contribution in [0, 0.1) is 0 Å². The van der Waals surface area contributed by atoms with Gasteiger partial charge < -0.3 is 10.1 Å². The first-order valence-electron chi connectivity index (χ1n) is 9.88. The Morgan fingerprint density at radius 3 is 2.21 bits per heavy atom. The molecule has 0 unspecified atom stereocenters. The SMILES string of the molecule is CNc1cccc(-c2ccc(OCc3cc(C(F)(F)F)nn3-c3c(Cl)cccc3Cl)cc2)c1. The standard InChI is InChI=1S/C24H18Cl2F3N3O/c1-30-17-5-2-4-16(12-17)15-8-10-19(11-9-15)33-14-18-13-22(24(27,28)29)31-32(18)23-20(25)6-3-7-21(23)26/h2-13,30H,14H2,1H3. The molecular formula is C24H18Cl2F3N3O. The van der Waals surface area contributed by atoms with Crippen LogP contribution in [-0.4, -0.2) is 16.8 Å². The van der Waals surface area contributed by atoms with Crippen LogP contribution in [0.3, 0.4) is 0 Å². The first-order valence-corrected chi connectivity index (χ1v) is 10.6. The lowest BCUT2D eigenvalue weighted by Crippen LogP contribution is -2.09. The minimum atomic E-state index is -4.63. The van der Waals surface area contributed by atoms with Gasteiger partial charge in [0, 0.05) is 12.7 Å². The maximum Gasteiger partial charge on any atom is 0.435 e. The van der Waals surface area contributed by atoms with E-state index in [1.54, 1.807) is 18.2 Å². The fourth-order valence-electron chi connectivity index (χ4n) is 3.30. The minimum Gasteiger partial charge on any atom is -0.487 e. The van der Waals surface area contributed by atoms with Gasteiger partial charge in [0.2, 0.25) is 0 Å².